The van der Waals surface area contributed by atoms with Gasteiger partial charge in [0.1, 0.15) is 6.29 Å². The Hall–Kier alpha value is -2.01. The summed E-state index contributed by atoms with van der Waals surface area (Å²) in [5.74, 6) is 0. The van der Waals surface area contributed by atoms with E-state index in [-0.39, 0.29) is 0 Å². The molecule has 0 aromatic heterocycles. The number of nitrogens with zero attached hydrogens (tertiary/aromatic N) is 1. The largest absolute Gasteiger partial charge is 0.302 e. The van der Waals surface area contributed by atoms with Crippen LogP contribution in [0.15, 0.2) is 18.2 Å². The highest BCUT2D eigenvalue weighted by molar-refractivity contribution is 5.77. The first-order valence-corrected chi connectivity index (χ1v) is 7.39. The van der Waals surface area contributed by atoms with Crippen LogP contribution in [0.3, 0.4) is 0 Å². The number of benzene rings is 1. The van der Waals surface area contributed by atoms with Crippen LogP contribution in [0.1, 0.15) is 48.2 Å². The summed E-state index contributed by atoms with van der Waals surface area (Å²) in [6.45, 7) is 7.36. The van der Waals surface area contributed by atoms with E-state index >= 15 is 0 Å². The van der Waals surface area contributed by atoms with Crippen LogP contribution in [0.5, 0.6) is 0 Å². The minimum Gasteiger partial charge on any atom is -0.302 e. The van der Waals surface area contributed by atoms with Gasteiger partial charge in [0.25, 0.3) is 0 Å². The predicted octanol–water partition coefficient (Wildman–Crippen LogP) is 2.32. The lowest BCUT2D eigenvalue weighted by molar-refractivity contribution is -0.117. The molecule has 5 nitrogen and oxygen atoms in total. The lowest BCUT2D eigenvalue weighted by Crippen LogP contribution is -2.29. The minimum atomic E-state index is 0.312. The number of amides is 2. The van der Waals surface area contributed by atoms with Gasteiger partial charge >= 0.3 is 0 Å². The molecule has 0 spiro atoms. The minimum absolute atomic E-state index is 0.312. The van der Waals surface area contributed by atoms with Crippen molar-refractivity contribution in [3.63, 3.8) is 0 Å². The summed E-state index contributed by atoms with van der Waals surface area (Å²) in [4.78, 5) is 31.5. The van der Waals surface area contributed by atoms with Crippen molar-refractivity contribution in [1.29, 1.82) is 0 Å². The first kappa shape index (κ1) is 20.0. The second kappa shape index (κ2) is 11.6. The van der Waals surface area contributed by atoms with Crippen molar-refractivity contribution < 1.29 is 14.4 Å². The topological polar surface area (TPSA) is 66.5 Å². The molecule has 0 saturated heterocycles. The number of nitrogens with one attached hydrogen (secondary N) is 1. The number of carbonyl (C=O) groups excluding carboxylic acids is 3. The van der Waals surface area contributed by atoms with Gasteiger partial charge < -0.3 is 5.32 Å². The molecule has 2 amide bonds. The number of aryl methyl sites for hydroxylation is 1. The van der Waals surface area contributed by atoms with Crippen LogP contribution in [-0.2, 0) is 16.1 Å². The standard InChI is InChI=1S/C15H23NO.C2H3NO2/c1-5-7-13(3)16(4)10-15-12(2)8-6-9-14(15)11-17;4-1-3-2-5/h6,8-9,11,13H,5,7,10H2,1-4H3;1-2H,(H,3,4,5). The normalized spacial score (nSPS) is 11.1. The second-order valence-corrected chi connectivity index (χ2v) is 5.22. The van der Waals surface area contributed by atoms with Gasteiger partial charge in [-0.05, 0) is 38.4 Å². The molecule has 5 heteroatoms. The van der Waals surface area contributed by atoms with E-state index < -0.39 is 0 Å². The average Bonchev–Trinajstić information content (AvgIpc) is 2.50. The average molecular weight is 306 g/mol. The molecule has 0 saturated carbocycles. The summed E-state index contributed by atoms with van der Waals surface area (Å²) in [6.07, 6.45) is 3.97. The van der Waals surface area contributed by atoms with E-state index in [1.807, 2.05) is 12.1 Å². The summed E-state index contributed by atoms with van der Waals surface area (Å²) < 4.78 is 0. The molecule has 0 bridgehead atoms. The van der Waals surface area contributed by atoms with Crippen LogP contribution < -0.4 is 5.32 Å². The highest BCUT2D eigenvalue weighted by Crippen LogP contribution is 2.17. The zero-order chi connectivity index (χ0) is 17.0. The maximum Gasteiger partial charge on any atom is 0.213 e. The van der Waals surface area contributed by atoms with Gasteiger partial charge in [0.05, 0.1) is 0 Å². The zero-order valence-corrected chi connectivity index (χ0v) is 13.8. The van der Waals surface area contributed by atoms with Crippen molar-refractivity contribution in [2.24, 2.45) is 0 Å². The Morgan fingerprint density at radius 2 is 1.86 bits per heavy atom. The van der Waals surface area contributed by atoms with E-state index in [4.69, 9.17) is 9.59 Å². The molecule has 1 rings (SSSR count). The van der Waals surface area contributed by atoms with Gasteiger partial charge in [0.15, 0.2) is 0 Å². The van der Waals surface area contributed by atoms with E-state index in [2.05, 4.69) is 38.8 Å². The Morgan fingerprint density at radius 3 is 2.32 bits per heavy atom. The monoisotopic (exact) mass is 306 g/mol. The summed E-state index contributed by atoms with van der Waals surface area (Å²) in [7, 11) is 2.13. The smallest absolute Gasteiger partial charge is 0.213 e. The molecule has 22 heavy (non-hydrogen) atoms. The number of hydrogen-bond donors (Lipinski definition) is 1. The number of carbonyl (C=O) groups is 3. The fraction of sp³-hybridized carbons (Fsp3) is 0.471. The first-order valence-electron chi connectivity index (χ1n) is 7.39. The molecule has 0 radical (unpaired) electrons. The van der Waals surface area contributed by atoms with Gasteiger partial charge in [-0.1, -0.05) is 31.5 Å². The fourth-order valence-corrected chi connectivity index (χ4v) is 2.12. The van der Waals surface area contributed by atoms with Crippen molar-refractivity contribution in [3.8, 4) is 0 Å². The number of rotatable bonds is 8. The number of hydrogen-bond acceptors (Lipinski definition) is 4. The van der Waals surface area contributed by atoms with Crippen LogP contribution in [0.25, 0.3) is 0 Å². The molecule has 0 aliphatic carbocycles. The molecule has 1 atom stereocenters. The molecule has 0 aliphatic heterocycles. The first-order chi connectivity index (χ1) is 10.5. The summed E-state index contributed by atoms with van der Waals surface area (Å²) in [6, 6.07) is 6.46. The zero-order valence-electron chi connectivity index (χ0n) is 13.8. The molecule has 0 fully saturated rings. The SMILES string of the molecule is CCCC(C)N(C)Cc1c(C)cccc1C=O.O=CNC=O. The van der Waals surface area contributed by atoms with Gasteiger partial charge in [0.2, 0.25) is 12.8 Å². The maximum atomic E-state index is 11.0. The Balaban J connectivity index is 0.000000763. The van der Waals surface area contributed by atoms with Crippen molar-refractivity contribution >= 4 is 19.1 Å². The molecular formula is C17H26N2O3. The summed E-state index contributed by atoms with van der Waals surface area (Å²) in [5.41, 5.74) is 3.18. The van der Waals surface area contributed by atoms with Gasteiger partial charge in [-0.2, -0.15) is 0 Å². The van der Waals surface area contributed by atoms with Crippen LogP contribution in [0.2, 0.25) is 0 Å². The lowest BCUT2D eigenvalue weighted by atomic mass is 10.0. The van der Waals surface area contributed by atoms with E-state index in [9.17, 15) is 4.79 Å². The van der Waals surface area contributed by atoms with Crippen LogP contribution in [0, 0.1) is 6.92 Å². The Labute approximate surface area is 132 Å². The van der Waals surface area contributed by atoms with Crippen LogP contribution >= 0.6 is 0 Å². The summed E-state index contributed by atoms with van der Waals surface area (Å²) in [5, 5.41) is 1.75. The third-order valence-electron chi connectivity index (χ3n) is 3.58. The molecule has 1 aromatic carbocycles. The number of aldehydes is 1. The Morgan fingerprint density at radius 1 is 1.23 bits per heavy atom. The van der Waals surface area contributed by atoms with Gasteiger partial charge in [-0.3, -0.25) is 19.3 Å². The highest BCUT2D eigenvalue weighted by Gasteiger charge is 2.12. The second-order valence-electron chi connectivity index (χ2n) is 5.22. The molecule has 1 unspecified atom stereocenters. The van der Waals surface area contributed by atoms with Crippen molar-refractivity contribution in [3.05, 3.63) is 34.9 Å². The van der Waals surface area contributed by atoms with Crippen molar-refractivity contribution in [2.45, 2.75) is 46.2 Å². The molecule has 1 aromatic rings. The Kier molecular flexibility index (Phi) is 10.6. The quantitative estimate of drug-likeness (QED) is 0.749. The Bertz CT molecular complexity index is 469. The molecule has 122 valence electrons. The molecular weight excluding hydrogens is 280 g/mol. The third kappa shape index (κ3) is 7.13. The van der Waals surface area contributed by atoms with E-state index in [0.717, 1.165) is 24.0 Å². The predicted molar refractivity (Wildman–Crippen MR) is 87.7 cm³/mol. The summed E-state index contributed by atoms with van der Waals surface area (Å²) >= 11 is 0. The van der Waals surface area contributed by atoms with E-state index in [1.54, 1.807) is 5.32 Å². The fourth-order valence-electron chi connectivity index (χ4n) is 2.12. The van der Waals surface area contributed by atoms with Crippen LogP contribution in [0.4, 0.5) is 0 Å². The molecule has 0 heterocycles. The van der Waals surface area contributed by atoms with E-state index in [1.165, 1.54) is 18.4 Å². The van der Waals surface area contributed by atoms with Crippen molar-refractivity contribution in [1.82, 2.24) is 10.2 Å². The van der Waals surface area contributed by atoms with E-state index in [0.29, 0.717) is 18.9 Å². The highest BCUT2D eigenvalue weighted by atomic mass is 16.2. The lowest BCUT2D eigenvalue weighted by Gasteiger charge is -2.25. The van der Waals surface area contributed by atoms with Gasteiger partial charge in [-0.15, -0.1) is 0 Å². The molecule has 0 aliphatic rings. The number of imide groups is 1. The maximum absolute atomic E-state index is 11.0. The van der Waals surface area contributed by atoms with Gasteiger partial charge in [0, 0.05) is 18.2 Å². The van der Waals surface area contributed by atoms with Crippen LogP contribution in [-0.4, -0.2) is 37.1 Å². The van der Waals surface area contributed by atoms with Crippen molar-refractivity contribution in [2.75, 3.05) is 7.05 Å². The third-order valence-corrected chi connectivity index (χ3v) is 3.58. The van der Waals surface area contributed by atoms with Gasteiger partial charge in [-0.25, -0.2) is 0 Å². The molecule has 1 N–H and O–H groups in total.